The maximum atomic E-state index is 12.7. The molecule has 2 N–H and O–H groups in total. The Kier molecular flexibility index (Phi) is 5.86. The van der Waals surface area contributed by atoms with Gasteiger partial charge in [-0.25, -0.2) is 4.98 Å². The van der Waals surface area contributed by atoms with Gasteiger partial charge in [-0.05, 0) is 29.8 Å². The van der Waals surface area contributed by atoms with E-state index in [0.29, 0.717) is 31.7 Å². The molecular formula is C24H23N3O3. The number of benzene rings is 2. The largest absolute Gasteiger partial charge is 0.368 e. The summed E-state index contributed by atoms with van der Waals surface area (Å²) in [5.41, 5.74) is 9.12. The highest BCUT2D eigenvalue weighted by Gasteiger charge is 2.26. The first-order valence-electron chi connectivity index (χ1n) is 9.90. The van der Waals surface area contributed by atoms with E-state index in [1.54, 1.807) is 18.2 Å². The molecule has 0 bridgehead atoms. The zero-order valence-electron chi connectivity index (χ0n) is 16.5. The van der Waals surface area contributed by atoms with E-state index in [4.69, 9.17) is 15.5 Å². The minimum Gasteiger partial charge on any atom is -0.368 e. The van der Waals surface area contributed by atoms with Crippen LogP contribution in [0.2, 0.25) is 0 Å². The van der Waals surface area contributed by atoms with Gasteiger partial charge < -0.3 is 15.4 Å². The normalized spacial score (nSPS) is 16.3. The van der Waals surface area contributed by atoms with Crippen LogP contribution in [0.15, 0.2) is 72.8 Å². The Morgan fingerprint density at radius 3 is 2.63 bits per heavy atom. The number of primary amides is 1. The maximum Gasteiger partial charge on any atom is 0.248 e. The molecule has 0 spiro atoms. The standard InChI is InChI=1S/C24H23N3O3/c25-24(29)19-9-4-8-18(15-19)20-10-5-11-21(26-20)22-16-27(12-13-30-22)23(28)14-17-6-2-1-3-7-17/h1-11,15,22H,12-14,16H2,(H2,25,29)/t22-/m1/s1. The number of morpholine rings is 1. The van der Waals surface area contributed by atoms with Crippen molar-refractivity contribution in [1.82, 2.24) is 9.88 Å². The van der Waals surface area contributed by atoms with Crippen LogP contribution in [0.25, 0.3) is 11.3 Å². The van der Waals surface area contributed by atoms with Crippen LogP contribution in [0.4, 0.5) is 0 Å². The van der Waals surface area contributed by atoms with E-state index in [-0.39, 0.29) is 12.0 Å². The fraction of sp³-hybridized carbons (Fsp3) is 0.208. The van der Waals surface area contributed by atoms with Gasteiger partial charge in [-0.3, -0.25) is 9.59 Å². The number of nitrogens with zero attached hydrogens (tertiary/aromatic N) is 2. The molecule has 0 saturated carbocycles. The molecule has 2 heterocycles. The molecule has 4 rings (SSSR count). The lowest BCUT2D eigenvalue weighted by molar-refractivity contribution is -0.138. The summed E-state index contributed by atoms with van der Waals surface area (Å²) in [6.45, 7) is 1.50. The van der Waals surface area contributed by atoms with Gasteiger partial charge >= 0.3 is 0 Å². The lowest BCUT2D eigenvalue weighted by atomic mass is 10.1. The molecule has 152 valence electrons. The van der Waals surface area contributed by atoms with Crippen LogP contribution in [-0.2, 0) is 16.0 Å². The monoisotopic (exact) mass is 401 g/mol. The highest BCUT2D eigenvalue weighted by atomic mass is 16.5. The topological polar surface area (TPSA) is 85.5 Å². The number of ether oxygens (including phenoxy) is 1. The van der Waals surface area contributed by atoms with Gasteiger partial charge in [0.25, 0.3) is 0 Å². The van der Waals surface area contributed by atoms with Crippen LogP contribution >= 0.6 is 0 Å². The number of amides is 2. The number of carbonyl (C=O) groups excluding carboxylic acids is 2. The highest BCUT2D eigenvalue weighted by molar-refractivity contribution is 5.94. The van der Waals surface area contributed by atoms with Crippen LogP contribution in [0, 0.1) is 0 Å². The smallest absolute Gasteiger partial charge is 0.248 e. The predicted molar refractivity (Wildman–Crippen MR) is 114 cm³/mol. The van der Waals surface area contributed by atoms with Crippen molar-refractivity contribution >= 4 is 11.8 Å². The van der Waals surface area contributed by atoms with E-state index in [0.717, 1.165) is 22.5 Å². The van der Waals surface area contributed by atoms with Gasteiger partial charge in [-0.15, -0.1) is 0 Å². The molecular weight excluding hydrogens is 378 g/mol. The molecule has 30 heavy (non-hydrogen) atoms. The van der Waals surface area contributed by atoms with Crippen LogP contribution in [0.1, 0.15) is 27.7 Å². The zero-order valence-corrected chi connectivity index (χ0v) is 16.5. The number of pyridine rings is 1. The molecule has 1 aliphatic heterocycles. The molecule has 0 aliphatic carbocycles. The molecule has 1 aromatic heterocycles. The van der Waals surface area contributed by atoms with Crippen molar-refractivity contribution in [3.8, 4) is 11.3 Å². The Morgan fingerprint density at radius 2 is 1.83 bits per heavy atom. The zero-order chi connectivity index (χ0) is 20.9. The third-order valence-corrected chi connectivity index (χ3v) is 5.16. The third-order valence-electron chi connectivity index (χ3n) is 5.16. The first-order valence-corrected chi connectivity index (χ1v) is 9.90. The van der Waals surface area contributed by atoms with Crippen molar-refractivity contribution in [3.05, 3.63) is 89.6 Å². The minimum atomic E-state index is -0.476. The van der Waals surface area contributed by atoms with Crippen LogP contribution in [-0.4, -0.2) is 41.4 Å². The molecule has 3 aromatic rings. The molecule has 2 aromatic carbocycles. The van der Waals surface area contributed by atoms with Crippen molar-refractivity contribution in [3.63, 3.8) is 0 Å². The number of carbonyl (C=O) groups is 2. The van der Waals surface area contributed by atoms with Gasteiger partial charge in [0, 0.05) is 17.7 Å². The lowest BCUT2D eigenvalue weighted by Crippen LogP contribution is -2.43. The van der Waals surface area contributed by atoms with E-state index in [1.165, 1.54) is 0 Å². The van der Waals surface area contributed by atoms with Gasteiger partial charge in [-0.1, -0.05) is 48.5 Å². The Bertz CT molecular complexity index is 1050. The predicted octanol–water partition coefficient (Wildman–Crippen LogP) is 2.99. The summed E-state index contributed by atoms with van der Waals surface area (Å²) in [5.74, 6) is -0.393. The van der Waals surface area contributed by atoms with Crippen LogP contribution in [0.5, 0.6) is 0 Å². The summed E-state index contributed by atoms with van der Waals surface area (Å²) in [6, 6.07) is 22.5. The van der Waals surface area contributed by atoms with E-state index in [1.807, 2.05) is 59.5 Å². The van der Waals surface area contributed by atoms with Crippen molar-refractivity contribution in [1.29, 1.82) is 0 Å². The van der Waals surface area contributed by atoms with E-state index in [2.05, 4.69) is 0 Å². The molecule has 1 saturated heterocycles. The molecule has 6 nitrogen and oxygen atoms in total. The maximum absolute atomic E-state index is 12.7. The molecule has 1 fully saturated rings. The second kappa shape index (κ2) is 8.88. The quantitative estimate of drug-likeness (QED) is 0.712. The van der Waals surface area contributed by atoms with Gasteiger partial charge in [-0.2, -0.15) is 0 Å². The SMILES string of the molecule is NC(=O)c1cccc(-c2cccc([C@H]3CN(C(=O)Cc4ccccc4)CCO3)n2)c1. The molecule has 0 unspecified atom stereocenters. The second-order valence-electron chi connectivity index (χ2n) is 7.25. The Morgan fingerprint density at radius 1 is 1.03 bits per heavy atom. The number of aromatic nitrogens is 1. The van der Waals surface area contributed by atoms with Crippen molar-refractivity contribution in [2.75, 3.05) is 19.7 Å². The summed E-state index contributed by atoms with van der Waals surface area (Å²) < 4.78 is 5.92. The fourth-order valence-corrected chi connectivity index (χ4v) is 3.56. The minimum absolute atomic E-state index is 0.0832. The molecule has 6 heteroatoms. The Hall–Kier alpha value is -3.51. The second-order valence-corrected chi connectivity index (χ2v) is 7.25. The molecule has 1 atom stereocenters. The number of hydrogen-bond donors (Lipinski definition) is 1. The summed E-state index contributed by atoms with van der Waals surface area (Å²) in [5, 5.41) is 0. The van der Waals surface area contributed by atoms with Gasteiger partial charge in [0.05, 0.1) is 31.0 Å². The number of rotatable bonds is 5. The van der Waals surface area contributed by atoms with Gasteiger partial charge in [0.2, 0.25) is 11.8 Å². The highest BCUT2D eigenvalue weighted by Crippen LogP contribution is 2.25. The van der Waals surface area contributed by atoms with E-state index < -0.39 is 5.91 Å². The van der Waals surface area contributed by atoms with Crippen LogP contribution < -0.4 is 5.73 Å². The van der Waals surface area contributed by atoms with Gasteiger partial charge in [0.1, 0.15) is 6.10 Å². The summed E-state index contributed by atoms with van der Waals surface area (Å²) in [6.07, 6.45) is 0.0822. The third kappa shape index (κ3) is 4.55. The summed E-state index contributed by atoms with van der Waals surface area (Å²) >= 11 is 0. The average Bonchev–Trinajstić information content (AvgIpc) is 2.80. The van der Waals surface area contributed by atoms with E-state index >= 15 is 0 Å². The van der Waals surface area contributed by atoms with Crippen molar-refractivity contribution < 1.29 is 14.3 Å². The Labute approximate surface area is 175 Å². The first kappa shape index (κ1) is 19.8. The Balaban J connectivity index is 1.50. The molecule has 0 radical (unpaired) electrons. The van der Waals surface area contributed by atoms with Gasteiger partial charge in [0.15, 0.2) is 0 Å². The summed E-state index contributed by atoms with van der Waals surface area (Å²) in [4.78, 5) is 30.8. The molecule has 1 aliphatic rings. The van der Waals surface area contributed by atoms with Crippen LogP contribution in [0.3, 0.4) is 0 Å². The number of hydrogen-bond acceptors (Lipinski definition) is 4. The summed E-state index contributed by atoms with van der Waals surface area (Å²) in [7, 11) is 0. The lowest BCUT2D eigenvalue weighted by Gasteiger charge is -2.33. The average molecular weight is 401 g/mol. The molecule has 2 amide bonds. The van der Waals surface area contributed by atoms with E-state index in [9.17, 15) is 9.59 Å². The van der Waals surface area contributed by atoms with Crippen molar-refractivity contribution in [2.45, 2.75) is 12.5 Å². The van der Waals surface area contributed by atoms with Crippen molar-refractivity contribution in [2.24, 2.45) is 5.73 Å². The fourth-order valence-electron chi connectivity index (χ4n) is 3.56. The first-order chi connectivity index (χ1) is 14.6. The number of nitrogens with two attached hydrogens (primary N) is 1.